The summed E-state index contributed by atoms with van der Waals surface area (Å²) in [6.45, 7) is 5.97. The van der Waals surface area contributed by atoms with Crippen LogP contribution in [0.2, 0.25) is 0 Å². The van der Waals surface area contributed by atoms with Gasteiger partial charge in [-0.15, -0.1) is 0 Å². The predicted octanol–water partition coefficient (Wildman–Crippen LogP) is 4.00. The van der Waals surface area contributed by atoms with Crippen molar-refractivity contribution in [2.45, 2.75) is 19.9 Å². The molecule has 1 N–H and O–H groups in total. The van der Waals surface area contributed by atoms with Crippen molar-refractivity contribution in [2.24, 2.45) is 0 Å². The van der Waals surface area contributed by atoms with E-state index in [4.69, 9.17) is 0 Å². The number of aromatic nitrogens is 2. The largest absolute Gasteiger partial charge is 0.349 e. The number of amides is 2. The van der Waals surface area contributed by atoms with Crippen molar-refractivity contribution < 1.29 is 9.59 Å². The third kappa shape index (κ3) is 6.02. The lowest BCUT2D eigenvalue weighted by molar-refractivity contribution is 0.0650. The van der Waals surface area contributed by atoms with Gasteiger partial charge in [0, 0.05) is 51.7 Å². The number of rotatable bonds is 6. The number of imide groups is 1. The maximum Gasteiger partial charge on any atom is 0.293 e. The lowest BCUT2D eigenvalue weighted by atomic mass is 10.0. The Morgan fingerprint density at radius 3 is 2.00 bits per heavy atom. The average Bonchev–Trinajstić information content (AvgIpc) is 3.24. The van der Waals surface area contributed by atoms with Crippen LogP contribution in [0.5, 0.6) is 0 Å². The summed E-state index contributed by atoms with van der Waals surface area (Å²) in [6, 6.07) is 25.9. The van der Waals surface area contributed by atoms with Gasteiger partial charge >= 0.3 is 0 Å². The van der Waals surface area contributed by atoms with Crippen LogP contribution in [0.1, 0.15) is 32.7 Å². The molecule has 204 valence electrons. The summed E-state index contributed by atoms with van der Waals surface area (Å²) < 4.78 is 1.60. The molecule has 1 saturated heterocycles. The zero-order valence-electron chi connectivity index (χ0n) is 22.6. The molecule has 0 radical (unpaired) electrons. The maximum absolute atomic E-state index is 12.7. The van der Waals surface area contributed by atoms with Gasteiger partial charge in [0.05, 0.1) is 11.1 Å². The predicted molar refractivity (Wildman–Crippen MR) is 157 cm³/mol. The van der Waals surface area contributed by atoms with E-state index in [9.17, 15) is 14.4 Å². The summed E-state index contributed by atoms with van der Waals surface area (Å²) in [5, 5.41) is 3.25. The molecule has 0 saturated carbocycles. The summed E-state index contributed by atoms with van der Waals surface area (Å²) in [5.74, 6) is -0.0712. The first-order valence-corrected chi connectivity index (χ1v) is 13.6. The second-order valence-corrected chi connectivity index (χ2v) is 9.88. The molecule has 2 aliphatic rings. The first kappa shape index (κ1) is 27.0. The highest BCUT2D eigenvalue weighted by Crippen LogP contribution is 2.22. The molecular weight excluding hydrogens is 502 g/mol. The monoisotopic (exact) mass is 535 g/mol. The number of carbonyl (C=O) groups is 2. The van der Waals surface area contributed by atoms with Crippen molar-refractivity contribution in [3.05, 3.63) is 118 Å². The molecular formula is C32H33N5O3. The molecule has 3 aromatic carbocycles. The van der Waals surface area contributed by atoms with E-state index in [0.29, 0.717) is 29.9 Å². The first-order valence-electron chi connectivity index (χ1n) is 13.6. The molecule has 3 heterocycles. The highest BCUT2D eigenvalue weighted by atomic mass is 16.2. The van der Waals surface area contributed by atoms with E-state index in [2.05, 4.69) is 65.8 Å². The van der Waals surface area contributed by atoms with Gasteiger partial charge in [-0.1, -0.05) is 72.3 Å². The number of nitrogens with one attached hydrogen (secondary N) is 1. The minimum atomic E-state index is -0.265. The van der Waals surface area contributed by atoms with E-state index >= 15 is 0 Å². The van der Waals surface area contributed by atoms with Crippen LogP contribution >= 0.6 is 0 Å². The Morgan fingerprint density at radius 1 is 0.750 bits per heavy atom. The number of aryl methyl sites for hydroxylation is 2. The minimum absolute atomic E-state index is 0.137. The summed E-state index contributed by atoms with van der Waals surface area (Å²) in [5.41, 5.74) is 4.63. The number of carbonyl (C=O) groups excluding carboxylic acids is 2. The molecule has 8 nitrogen and oxygen atoms in total. The van der Waals surface area contributed by atoms with E-state index in [1.54, 1.807) is 41.2 Å². The third-order valence-corrected chi connectivity index (χ3v) is 7.13. The molecule has 0 atom stereocenters. The lowest BCUT2D eigenvalue weighted by Crippen LogP contribution is -2.46. The van der Waals surface area contributed by atoms with Gasteiger partial charge in [-0.2, -0.15) is 0 Å². The van der Waals surface area contributed by atoms with Crippen molar-refractivity contribution >= 4 is 17.6 Å². The highest BCUT2D eigenvalue weighted by Gasteiger charge is 2.34. The van der Waals surface area contributed by atoms with Crippen molar-refractivity contribution in [3.63, 3.8) is 0 Å². The Labute approximate surface area is 233 Å². The van der Waals surface area contributed by atoms with E-state index in [-0.39, 0.29) is 23.9 Å². The SMILES string of the molecule is Cc1ccc(-c2ccccc2)cc1.O=C1c2ccccc2C(=O)N1CCCn1ccnc(N2CCNCC2)c1=O. The molecule has 0 unspecified atom stereocenters. The molecule has 1 fully saturated rings. The van der Waals surface area contributed by atoms with Gasteiger partial charge in [-0.05, 0) is 36.6 Å². The van der Waals surface area contributed by atoms with Crippen molar-refractivity contribution in [1.29, 1.82) is 0 Å². The topological polar surface area (TPSA) is 87.5 Å². The second-order valence-electron chi connectivity index (χ2n) is 9.88. The Kier molecular flexibility index (Phi) is 8.47. The number of fused-ring (bicyclic) bond motifs is 1. The van der Waals surface area contributed by atoms with Gasteiger partial charge in [0.1, 0.15) is 0 Å². The molecule has 8 heteroatoms. The van der Waals surface area contributed by atoms with Gasteiger partial charge < -0.3 is 14.8 Å². The summed E-state index contributed by atoms with van der Waals surface area (Å²) in [7, 11) is 0. The third-order valence-electron chi connectivity index (χ3n) is 7.13. The molecule has 40 heavy (non-hydrogen) atoms. The fourth-order valence-corrected chi connectivity index (χ4v) is 4.92. The Bertz CT molecular complexity index is 1490. The fraction of sp³-hybridized carbons (Fsp3) is 0.250. The standard InChI is InChI=1S/C19H21N5O3.C13H12/c25-17-14-4-1-2-5-15(14)18(26)24(17)10-3-9-23-13-8-21-16(19(23)27)22-11-6-20-7-12-22;1-11-7-9-13(10-8-11)12-5-3-2-4-6-12/h1-2,4-5,8,13,20H,3,6-7,9-12H2;2-10H,1H3. The van der Waals surface area contributed by atoms with Crippen LogP contribution in [0, 0.1) is 6.92 Å². The van der Waals surface area contributed by atoms with Gasteiger partial charge in [0.15, 0.2) is 5.82 Å². The molecule has 2 amide bonds. The molecule has 4 aromatic rings. The lowest BCUT2D eigenvalue weighted by Gasteiger charge is -2.28. The van der Waals surface area contributed by atoms with Crippen LogP contribution in [-0.2, 0) is 6.54 Å². The van der Waals surface area contributed by atoms with Gasteiger partial charge in [-0.3, -0.25) is 19.3 Å². The summed E-state index contributed by atoms with van der Waals surface area (Å²) >= 11 is 0. The highest BCUT2D eigenvalue weighted by molar-refractivity contribution is 6.21. The minimum Gasteiger partial charge on any atom is -0.349 e. The number of nitrogens with zero attached hydrogens (tertiary/aromatic N) is 4. The Hall–Kier alpha value is -4.56. The Balaban J connectivity index is 0.000000207. The van der Waals surface area contributed by atoms with Crippen LogP contribution in [-0.4, -0.2) is 59.0 Å². The van der Waals surface area contributed by atoms with E-state index in [1.165, 1.54) is 21.6 Å². The van der Waals surface area contributed by atoms with Gasteiger partial charge in [-0.25, -0.2) is 4.98 Å². The number of anilines is 1. The molecule has 0 spiro atoms. The van der Waals surface area contributed by atoms with E-state index in [1.807, 2.05) is 11.0 Å². The zero-order valence-corrected chi connectivity index (χ0v) is 22.6. The smallest absolute Gasteiger partial charge is 0.293 e. The van der Waals surface area contributed by atoms with Gasteiger partial charge in [0.25, 0.3) is 17.4 Å². The summed E-state index contributed by atoms with van der Waals surface area (Å²) in [6.07, 6.45) is 3.79. The maximum atomic E-state index is 12.7. The average molecular weight is 536 g/mol. The molecule has 2 aliphatic heterocycles. The van der Waals surface area contributed by atoms with Crippen molar-refractivity contribution in [1.82, 2.24) is 19.8 Å². The molecule has 0 bridgehead atoms. The van der Waals surface area contributed by atoms with Crippen LogP contribution in [0.25, 0.3) is 11.1 Å². The Morgan fingerprint density at radius 2 is 1.35 bits per heavy atom. The normalized spacial score (nSPS) is 14.5. The van der Waals surface area contributed by atoms with Crippen LogP contribution in [0.4, 0.5) is 5.82 Å². The second kappa shape index (κ2) is 12.5. The fourth-order valence-electron chi connectivity index (χ4n) is 4.92. The van der Waals surface area contributed by atoms with E-state index in [0.717, 1.165) is 26.2 Å². The van der Waals surface area contributed by atoms with Gasteiger partial charge in [0.2, 0.25) is 0 Å². The first-order chi connectivity index (χ1) is 19.5. The summed E-state index contributed by atoms with van der Waals surface area (Å²) in [4.78, 5) is 45.0. The molecule has 0 aliphatic carbocycles. The number of hydrogen-bond acceptors (Lipinski definition) is 6. The van der Waals surface area contributed by atoms with E-state index < -0.39 is 0 Å². The van der Waals surface area contributed by atoms with Crippen molar-refractivity contribution in [2.75, 3.05) is 37.6 Å². The van der Waals surface area contributed by atoms with Crippen LogP contribution in [0.15, 0.2) is 96.1 Å². The number of benzene rings is 3. The van der Waals surface area contributed by atoms with Crippen LogP contribution < -0.4 is 15.8 Å². The molecule has 6 rings (SSSR count). The molecule has 1 aromatic heterocycles. The van der Waals surface area contributed by atoms with Crippen molar-refractivity contribution in [3.8, 4) is 11.1 Å². The quantitative estimate of drug-likeness (QED) is 0.376. The number of hydrogen-bond donors (Lipinski definition) is 1. The van der Waals surface area contributed by atoms with Crippen LogP contribution in [0.3, 0.4) is 0 Å². The number of piperazine rings is 1. The zero-order chi connectivity index (χ0) is 27.9.